The zero-order valence-electron chi connectivity index (χ0n) is 25.7. The van der Waals surface area contributed by atoms with Crippen molar-refractivity contribution < 1.29 is 9.53 Å². The predicted octanol–water partition coefficient (Wildman–Crippen LogP) is 10.4. The third-order valence-corrected chi connectivity index (χ3v) is 11.5. The highest BCUT2D eigenvalue weighted by Crippen LogP contribution is 2.65. The van der Waals surface area contributed by atoms with Gasteiger partial charge in [-0.2, -0.15) is 0 Å². The molecule has 0 N–H and O–H groups in total. The van der Waals surface area contributed by atoms with Crippen molar-refractivity contribution in [3.63, 3.8) is 0 Å². The third kappa shape index (κ3) is 6.37. The monoisotopic (exact) mass is 522 g/mol. The second-order valence-corrected chi connectivity index (χ2v) is 14.5. The molecule has 4 aliphatic carbocycles. The van der Waals surface area contributed by atoms with E-state index in [1.165, 1.54) is 69.8 Å². The largest absolute Gasteiger partial charge is 0.462 e. The number of ether oxygens (including phenoxy) is 1. The Bertz CT molecular complexity index is 904. The maximum Gasteiger partial charge on any atom is 0.306 e. The minimum atomic E-state index is 0.0139. The van der Waals surface area contributed by atoms with Gasteiger partial charge in [-0.15, -0.1) is 5.73 Å². The first-order valence-electron chi connectivity index (χ1n) is 16.5. The van der Waals surface area contributed by atoms with Gasteiger partial charge in [0.25, 0.3) is 0 Å². The van der Waals surface area contributed by atoms with E-state index in [0.717, 1.165) is 55.8 Å². The van der Waals surface area contributed by atoms with Gasteiger partial charge in [0.2, 0.25) is 0 Å². The molecule has 214 valence electrons. The molecule has 0 aliphatic heterocycles. The highest BCUT2D eigenvalue weighted by atomic mass is 16.5. The summed E-state index contributed by atoms with van der Waals surface area (Å²) in [4.78, 5) is 12.6. The lowest BCUT2D eigenvalue weighted by Crippen LogP contribution is -2.45. The summed E-state index contributed by atoms with van der Waals surface area (Å²) in [5.74, 6) is 3.90. The molecule has 0 aromatic heterocycles. The minimum Gasteiger partial charge on any atom is -0.462 e. The van der Waals surface area contributed by atoms with Crippen molar-refractivity contribution in [2.24, 2.45) is 40.4 Å². The van der Waals surface area contributed by atoms with Crippen LogP contribution in [0.15, 0.2) is 29.0 Å². The molecule has 0 bridgehead atoms. The highest BCUT2D eigenvalue weighted by molar-refractivity contribution is 5.69. The van der Waals surface area contributed by atoms with Crippen LogP contribution in [-0.4, -0.2) is 12.1 Å². The Morgan fingerprint density at radius 3 is 2.53 bits per heavy atom. The summed E-state index contributed by atoms with van der Waals surface area (Å²) in [6.07, 6.45) is 23.8. The van der Waals surface area contributed by atoms with E-state index in [4.69, 9.17) is 4.74 Å². The molecular weight excluding hydrogens is 464 g/mol. The van der Waals surface area contributed by atoms with E-state index >= 15 is 0 Å². The molecule has 0 spiro atoms. The second kappa shape index (κ2) is 12.9. The van der Waals surface area contributed by atoms with Gasteiger partial charge < -0.3 is 4.74 Å². The summed E-state index contributed by atoms with van der Waals surface area (Å²) >= 11 is 0. The van der Waals surface area contributed by atoms with Crippen molar-refractivity contribution in [2.45, 2.75) is 150 Å². The number of carbonyl (C=O) groups excluding carboxylic acids is 1. The van der Waals surface area contributed by atoms with E-state index in [2.05, 4.69) is 59.4 Å². The molecule has 38 heavy (non-hydrogen) atoms. The summed E-state index contributed by atoms with van der Waals surface area (Å²) in [6, 6.07) is 0. The van der Waals surface area contributed by atoms with Crippen LogP contribution in [-0.2, 0) is 9.53 Å². The smallest absolute Gasteiger partial charge is 0.306 e. The average Bonchev–Trinajstić information content (AvgIpc) is 3.15. The molecule has 7 atom stereocenters. The van der Waals surface area contributed by atoms with Crippen LogP contribution in [0.4, 0.5) is 0 Å². The Kier molecular flexibility index (Phi) is 10.1. The summed E-state index contributed by atoms with van der Waals surface area (Å²) in [6.45, 7) is 14.7. The molecule has 3 saturated carbocycles. The number of fused-ring (bicyclic) bond motifs is 5. The van der Waals surface area contributed by atoms with E-state index in [1.807, 2.05) is 0 Å². The van der Waals surface area contributed by atoms with E-state index in [0.29, 0.717) is 17.8 Å². The number of esters is 1. The third-order valence-electron chi connectivity index (χ3n) is 11.5. The van der Waals surface area contributed by atoms with Crippen LogP contribution in [0.25, 0.3) is 0 Å². The fraction of sp³-hybridized carbons (Fsp3) is 0.833. The van der Waals surface area contributed by atoms with E-state index < -0.39 is 0 Å². The van der Waals surface area contributed by atoms with Gasteiger partial charge in [-0.3, -0.25) is 4.79 Å². The lowest BCUT2D eigenvalue weighted by Gasteiger charge is -2.53. The Balaban J connectivity index is 1.39. The Labute approximate surface area is 235 Å². The number of unbranched alkanes of at least 4 members (excludes halogenated alkanes) is 4. The van der Waals surface area contributed by atoms with E-state index in [9.17, 15) is 4.79 Å². The molecule has 0 heterocycles. The first kappa shape index (κ1) is 29.7. The van der Waals surface area contributed by atoms with Crippen LogP contribution >= 0.6 is 0 Å². The number of hydrogen-bond donors (Lipinski definition) is 0. The number of rotatable bonds is 12. The Morgan fingerprint density at radius 1 is 0.974 bits per heavy atom. The first-order valence-corrected chi connectivity index (χ1v) is 16.5. The summed E-state index contributed by atoms with van der Waals surface area (Å²) < 4.78 is 6.01. The molecule has 0 aromatic carbocycles. The SMILES string of the molecule is CCCCCCCC(=O)OC1CCC2(C)C(=C=CC=C3C2CCC2(C)C3CCC2C(C)CCCC(C)C)C1. The van der Waals surface area contributed by atoms with Crippen LogP contribution in [0.3, 0.4) is 0 Å². The lowest BCUT2D eigenvalue weighted by atomic mass is 9.51. The summed E-state index contributed by atoms with van der Waals surface area (Å²) in [7, 11) is 0. The summed E-state index contributed by atoms with van der Waals surface area (Å²) in [5.41, 5.74) is 7.52. The zero-order chi connectivity index (χ0) is 27.3. The van der Waals surface area contributed by atoms with Crippen molar-refractivity contribution in [2.75, 3.05) is 0 Å². The topological polar surface area (TPSA) is 26.3 Å². The highest BCUT2D eigenvalue weighted by Gasteiger charge is 2.56. The molecular formula is C36H58O2. The maximum absolute atomic E-state index is 12.6. The van der Waals surface area contributed by atoms with Crippen LogP contribution in [0.5, 0.6) is 0 Å². The van der Waals surface area contributed by atoms with Gasteiger partial charge >= 0.3 is 5.97 Å². The molecule has 0 amide bonds. The van der Waals surface area contributed by atoms with Crippen molar-refractivity contribution >= 4 is 5.97 Å². The average molecular weight is 523 g/mol. The fourth-order valence-corrected chi connectivity index (χ4v) is 9.18. The predicted molar refractivity (Wildman–Crippen MR) is 160 cm³/mol. The van der Waals surface area contributed by atoms with Crippen LogP contribution in [0, 0.1) is 40.4 Å². The van der Waals surface area contributed by atoms with Gasteiger partial charge in [0.1, 0.15) is 6.10 Å². The van der Waals surface area contributed by atoms with Gasteiger partial charge in [0.15, 0.2) is 0 Å². The van der Waals surface area contributed by atoms with Crippen molar-refractivity contribution in [3.05, 3.63) is 29.0 Å². The Morgan fingerprint density at radius 2 is 1.76 bits per heavy atom. The van der Waals surface area contributed by atoms with Gasteiger partial charge in [0.05, 0.1) is 0 Å². The van der Waals surface area contributed by atoms with E-state index in [-0.39, 0.29) is 17.5 Å². The first-order chi connectivity index (χ1) is 18.2. The number of allylic oxidation sites excluding steroid dienone is 2. The molecule has 0 aromatic rings. The summed E-state index contributed by atoms with van der Waals surface area (Å²) in [5, 5.41) is 0. The van der Waals surface area contributed by atoms with Crippen LogP contribution in [0.1, 0.15) is 144 Å². The molecule has 4 aliphatic rings. The van der Waals surface area contributed by atoms with Crippen LogP contribution in [0.2, 0.25) is 0 Å². The molecule has 0 radical (unpaired) electrons. The lowest BCUT2D eigenvalue weighted by molar-refractivity contribution is -0.150. The van der Waals surface area contributed by atoms with E-state index in [1.54, 1.807) is 5.57 Å². The normalized spacial score (nSPS) is 35.0. The quantitative estimate of drug-likeness (QED) is 0.145. The van der Waals surface area contributed by atoms with Crippen molar-refractivity contribution in [1.29, 1.82) is 0 Å². The second-order valence-electron chi connectivity index (χ2n) is 14.5. The Hall–Kier alpha value is -1.27. The van der Waals surface area contributed by atoms with Gasteiger partial charge in [0, 0.05) is 18.3 Å². The number of hydrogen-bond acceptors (Lipinski definition) is 2. The van der Waals surface area contributed by atoms with Crippen molar-refractivity contribution in [3.8, 4) is 0 Å². The molecule has 0 saturated heterocycles. The van der Waals surface area contributed by atoms with Gasteiger partial charge in [-0.25, -0.2) is 0 Å². The molecule has 4 rings (SSSR count). The maximum atomic E-state index is 12.6. The number of carbonyl (C=O) groups is 1. The molecule has 2 heteroatoms. The van der Waals surface area contributed by atoms with Gasteiger partial charge in [-0.1, -0.05) is 98.1 Å². The van der Waals surface area contributed by atoms with Crippen molar-refractivity contribution in [1.82, 2.24) is 0 Å². The molecule has 7 unspecified atom stereocenters. The molecule has 2 nitrogen and oxygen atoms in total. The fourth-order valence-electron chi connectivity index (χ4n) is 9.18. The van der Waals surface area contributed by atoms with Gasteiger partial charge in [-0.05, 0) is 91.6 Å². The zero-order valence-corrected chi connectivity index (χ0v) is 25.7. The minimum absolute atomic E-state index is 0.0139. The molecule has 3 fully saturated rings. The standard InChI is InChI=1S/C36H58O2/c1-7-8-9-10-11-18-34(37)38-29-21-23-35(5)28(25-29)16-13-17-30-32-20-19-31(27(4)15-12-14-26(2)3)36(32,6)24-22-33(30)35/h13,17,26-27,29,31-33H,7-12,14-15,18-25H2,1-6H3. The van der Waals surface area contributed by atoms with Crippen LogP contribution < -0.4 is 0 Å².